The first-order valence-electron chi connectivity index (χ1n) is 6.78. The van der Waals surface area contributed by atoms with Gasteiger partial charge in [0.05, 0.1) is 6.10 Å². The van der Waals surface area contributed by atoms with Crippen molar-refractivity contribution in [1.82, 2.24) is 4.90 Å². The molecule has 0 bridgehead atoms. The fraction of sp³-hybridized carbons (Fsp3) is 0.438. The van der Waals surface area contributed by atoms with Crippen molar-refractivity contribution in [1.29, 1.82) is 0 Å². The Hall–Kier alpha value is -1.61. The third-order valence-corrected chi connectivity index (χ3v) is 3.94. The molecule has 1 aromatic rings. The summed E-state index contributed by atoms with van der Waals surface area (Å²) in [4.78, 5) is 14.2. The lowest BCUT2D eigenvalue weighted by atomic mass is 9.82. The number of piperidine rings is 1. The van der Waals surface area contributed by atoms with Crippen molar-refractivity contribution >= 4 is 5.91 Å². The maximum Gasteiger partial charge on any atom is 0.253 e. The number of aliphatic hydroxyl groups is 1. The molecule has 3 atom stereocenters. The molecule has 19 heavy (non-hydrogen) atoms. The molecule has 3 nitrogen and oxygen atoms in total. The molecule has 1 fully saturated rings. The lowest BCUT2D eigenvalue weighted by Gasteiger charge is -2.38. The average Bonchev–Trinajstić information content (AvgIpc) is 2.46. The fourth-order valence-corrected chi connectivity index (χ4v) is 2.80. The minimum atomic E-state index is -0.350. The number of amides is 1. The molecule has 102 valence electrons. The molecule has 1 unspecified atom stereocenters. The van der Waals surface area contributed by atoms with Crippen LogP contribution in [0.2, 0.25) is 0 Å². The summed E-state index contributed by atoms with van der Waals surface area (Å²) in [6.07, 6.45) is 2.34. The molecule has 1 aliphatic heterocycles. The Morgan fingerprint density at radius 2 is 2.16 bits per heavy atom. The van der Waals surface area contributed by atoms with Crippen LogP contribution in [-0.2, 0) is 0 Å². The lowest BCUT2D eigenvalue weighted by Crippen LogP contribution is -2.45. The molecule has 0 aliphatic carbocycles. The summed E-state index contributed by atoms with van der Waals surface area (Å²) in [6.45, 7) is 7.00. The third-order valence-electron chi connectivity index (χ3n) is 3.94. The standard InChI is InChI=1S/C16H21NO2/c1-3-13-11-17(10-9-15(13)12(2)18)16(19)14-7-5-4-6-8-14/h3-8,12-13,15,18H,1,9-11H2,2H3/t12?,13-,15+/m0/s1. The van der Waals surface area contributed by atoms with E-state index in [1.807, 2.05) is 48.2 Å². The van der Waals surface area contributed by atoms with E-state index in [2.05, 4.69) is 6.58 Å². The van der Waals surface area contributed by atoms with E-state index in [0.717, 1.165) is 12.0 Å². The highest BCUT2D eigenvalue weighted by atomic mass is 16.3. The van der Waals surface area contributed by atoms with E-state index in [4.69, 9.17) is 0 Å². The van der Waals surface area contributed by atoms with Gasteiger partial charge in [-0.25, -0.2) is 0 Å². The zero-order valence-electron chi connectivity index (χ0n) is 11.3. The summed E-state index contributed by atoms with van der Waals surface area (Å²) in [7, 11) is 0. The summed E-state index contributed by atoms with van der Waals surface area (Å²) in [5.74, 6) is 0.440. The quantitative estimate of drug-likeness (QED) is 0.846. The summed E-state index contributed by atoms with van der Waals surface area (Å²) in [6, 6.07) is 9.34. The van der Waals surface area contributed by atoms with Crippen LogP contribution in [0, 0.1) is 11.8 Å². The van der Waals surface area contributed by atoms with Crippen LogP contribution >= 0.6 is 0 Å². The second-order valence-corrected chi connectivity index (χ2v) is 5.21. The Balaban J connectivity index is 2.08. The summed E-state index contributed by atoms with van der Waals surface area (Å²) in [5.41, 5.74) is 0.723. The van der Waals surface area contributed by atoms with Gasteiger partial charge in [0.2, 0.25) is 0 Å². The van der Waals surface area contributed by atoms with Gasteiger partial charge in [-0.15, -0.1) is 6.58 Å². The third kappa shape index (κ3) is 3.04. The summed E-state index contributed by atoms with van der Waals surface area (Å²) >= 11 is 0. The van der Waals surface area contributed by atoms with Crippen molar-refractivity contribution in [3.05, 3.63) is 48.6 Å². The molecule has 1 aliphatic rings. The van der Waals surface area contributed by atoms with Crippen LogP contribution in [-0.4, -0.2) is 35.1 Å². The van der Waals surface area contributed by atoms with Crippen molar-refractivity contribution in [3.8, 4) is 0 Å². The summed E-state index contributed by atoms with van der Waals surface area (Å²) < 4.78 is 0. The first-order chi connectivity index (χ1) is 9.13. The number of hydrogen-bond acceptors (Lipinski definition) is 2. The van der Waals surface area contributed by atoms with Crippen LogP contribution in [0.5, 0.6) is 0 Å². The molecule has 2 rings (SSSR count). The number of hydrogen-bond donors (Lipinski definition) is 1. The maximum absolute atomic E-state index is 12.4. The van der Waals surface area contributed by atoms with Crippen LogP contribution in [0.25, 0.3) is 0 Å². The van der Waals surface area contributed by atoms with Gasteiger partial charge in [-0.05, 0) is 37.3 Å². The number of benzene rings is 1. The minimum Gasteiger partial charge on any atom is -0.393 e. The van der Waals surface area contributed by atoms with Gasteiger partial charge < -0.3 is 10.0 Å². The Bertz CT molecular complexity index is 441. The first kappa shape index (κ1) is 13.8. The van der Waals surface area contributed by atoms with Crippen molar-refractivity contribution in [3.63, 3.8) is 0 Å². The second-order valence-electron chi connectivity index (χ2n) is 5.21. The predicted octanol–water partition coefficient (Wildman–Crippen LogP) is 2.33. The van der Waals surface area contributed by atoms with E-state index in [-0.39, 0.29) is 23.8 Å². The Labute approximate surface area is 114 Å². The van der Waals surface area contributed by atoms with Crippen molar-refractivity contribution in [2.24, 2.45) is 11.8 Å². The van der Waals surface area contributed by atoms with Crippen LogP contribution in [0.15, 0.2) is 43.0 Å². The van der Waals surface area contributed by atoms with Crippen LogP contribution in [0.4, 0.5) is 0 Å². The first-order valence-corrected chi connectivity index (χ1v) is 6.78. The number of carbonyl (C=O) groups is 1. The molecular weight excluding hydrogens is 238 g/mol. The SMILES string of the molecule is C=C[C@H]1CN(C(=O)c2ccccc2)CC[C@@H]1C(C)O. The smallest absolute Gasteiger partial charge is 0.253 e. The van der Waals surface area contributed by atoms with Crippen molar-refractivity contribution in [2.75, 3.05) is 13.1 Å². The zero-order chi connectivity index (χ0) is 13.8. The summed E-state index contributed by atoms with van der Waals surface area (Å²) in [5, 5.41) is 9.77. The van der Waals surface area contributed by atoms with Gasteiger partial charge in [-0.1, -0.05) is 24.3 Å². The van der Waals surface area contributed by atoms with Crippen LogP contribution in [0.1, 0.15) is 23.7 Å². The topological polar surface area (TPSA) is 40.5 Å². The number of rotatable bonds is 3. The molecule has 3 heteroatoms. The van der Waals surface area contributed by atoms with Gasteiger partial charge in [0.1, 0.15) is 0 Å². The highest BCUT2D eigenvalue weighted by molar-refractivity contribution is 5.94. The molecule has 1 saturated heterocycles. The van der Waals surface area contributed by atoms with E-state index in [9.17, 15) is 9.90 Å². The predicted molar refractivity (Wildman–Crippen MR) is 75.8 cm³/mol. The van der Waals surface area contributed by atoms with Crippen LogP contribution < -0.4 is 0 Å². The van der Waals surface area contributed by atoms with E-state index in [1.54, 1.807) is 0 Å². The Kier molecular flexibility index (Phi) is 4.38. The second kappa shape index (κ2) is 6.02. The zero-order valence-corrected chi connectivity index (χ0v) is 11.3. The monoisotopic (exact) mass is 259 g/mol. The average molecular weight is 259 g/mol. The Morgan fingerprint density at radius 1 is 1.47 bits per heavy atom. The highest BCUT2D eigenvalue weighted by Gasteiger charge is 2.32. The number of carbonyl (C=O) groups excluding carboxylic acids is 1. The molecule has 0 spiro atoms. The lowest BCUT2D eigenvalue weighted by molar-refractivity contribution is 0.0361. The minimum absolute atomic E-state index is 0.0662. The molecule has 0 aromatic heterocycles. The molecule has 1 aromatic carbocycles. The van der Waals surface area contributed by atoms with Gasteiger partial charge in [0.15, 0.2) is 0 Å². The normalized spacial score (nSPS) is 24.8. The largest absolute Gasteiger partial charge is 0.393 e. The molecule has 1 amide bonds. The Morgan fingerprint density at radius 3 is 2.74 bits per heavy atom. The maximum atomic E-state index is 12.4. The van der Waals surface area contributed by atoms with Gasteiger partial charge >= 0.3 is 0 Å². The van der Waals surface area contributed by atoms with Gasteiger partial charge in [0.25, 0.3) is 5.91 Å². The van der Waals surface area contributed by atoms with Gasteiger partial charge in [0, 0.05) is 18.7 Å². The molecule has 0 radical (unpaired) electrons. The van der Waals surface area contributed by atoms with E-state index in [0.29, 0.717) is 13.1 Å². The van der Waals surface area contributed by atoms with Crippen molar-refractivity contribution < 1.29 is 9.90 Å². The number of aliphatic hydroxyl groups excluding tert-OH is 1. The fourth-order valence-electron chi connectivity index (χ4n) is 2.80. The van der Waals surface area contributed by atoms with Crippen LogP contribution in [0.3, 0.4) is 0 Å². The molecule has 0 saturated carbocycles. The molecule has 1 N–H and O–H groups in total. The molecule has 1 heterocycles. The van der Waals surface area contributed by atoms with E-state index >= 15 is 0 Å². The van der Waals surface area contributed by atoms with Gasteiger partial charge in [-0.2, -0.15) is 0 Å². The molecular formula is C16H21NO2. The number of nitrogens with zero attached hydrogens (tertiary/aromatic N) is 1. The van der Waals surface area contributed by atoms with Gasteiger partial charge in [-0.3, -0.25) is 4.79 Å². The van der Waals surface area contributed by atoms with E-state index < -0.39 is 0 Å². The highest BCUT2D eigenvalue weighted by Crippen LogP contribution is 2.28. The van der Waals surface area contributed by atoms with E-state index in [1.165, 1.54) is 0 Å². The van der Waals surface area contributed by atoms with Crippen molar-refractivity contribution in [2.45, 2.75) is 19.4 Å². The number of likely N-dealkylation sites (tertiary alicyclic amines) is 1.